The molecule has 1 aliphatic carbocycles. The molecule has 0 bridgehead atoms. The van der Waals surface area contributed by atoms with E-state index in [2.05, 4.69) is 4.98 Å². The third-order valence-corrected chi connectivity index (χ3v) is 3.73. The van der Waals surface area contributed by atoms with E-state index in [9.17, 15) is 5.11 Å². The van der Waals surface area contributed by atoms with E-state index in [0.29, 0.717) is 11.6 Å². The summed E-state index contributed by atoms with van der Waals surface area (Å²) in [6.45, 7) is 0. The molecule has 1 aromatic heterocycles. The summed E-state index contributed by atoms with van der Waals surface area (Å²) < 4.78 is 0. The van der Waals surface area contributed by atoms with Gasteiger partial charge in [-0.3, -0.25) is 4.98 Å². The SMILES string of the molecule is NC(CC1CCCCC1)[C@@H](O)c1ccccn1. The fraction of sp³-hybridized carbons (Fsp3) is 0.643. The molecular formula is C14H22N2O. The van der Waals surface area contributed by atoms with Gasteiger partial charge < -0.3 is 10.8 Å². The summed E-state index contributed by atoms with van der Waals surface area (Å²) in [5.74, 6) is 0.692. The molecule has 1 aromatic rings. The van der Waals surface area contributed by atoms with Crippen molar-refractivity contribution in [3.63, 3.8) is 0 Å². The molecule has 0 aliphatic heterocycles. The number of aromatic nitrogens is 1. The van der Waals surface area contributed by atoms with Crippen molar-refractivity contribution < 1.29 is 5.11 Å². The summed E-state index contributed by atoms with van der Waals surface area (Å²) in [7, 11) is 0. The van der Waals surface area contributed by atoms with E-state index in [0.717, 1.165) is 6.42 Å². The predicted octanol–water partition coefficient (Wildman–Crippen LogP) is 2.41. The van der Waals surface area contributed by atoms with Crippen LogP contribution in [0.5, 0.6) is 0 Å². The summed E-state index contributed by atoms with van der Waals surface area (Å²) in [4.78, 5) is 4.16. The highest BCUT2D eigenvalue weighted by atomic mass is 16.3. The molecule has 1 aliphatic rings. The van der Waals surface area contributed by atoms with Crippen LogP contribution in [0.3, 0.4) is 0 Å². The van der Waals surface area contributed by atoms with Gasteiger partial charge in [0.05, 0.1) is 5.69 Å². The van der Waals surface area contributed by atoms with Crippen LogP contribution in [0.1, 0.15) is 50.3 Å². The molecule has 0 aromatic carbocycles. The Hall–Kier alpha value is -0.930. The molecule has 2 atom stereocenters. The predicted molar refractivity (Wildman–Crippen MR) is 68.4 cm³/mol. The molecule has 0 saturated heterocycles. The van der Waals surface area contributed by atoms with E-state index in [1.165, 1.54) is 32.1 Å². The largest absolute Gasteiger partial charge is 0.385 e. The maximum atomic E-state index is 10.1. The average Bonchev–Trinajstić information content (AvgIpc) is 2.40. The first-order chi connectivity index (χ1) is 8.27. The van der Waals surface area contributed by atoms with Crippen molar-refractivity contribution in [3.05, 3.63) is 30.1 Å². The van der Waals surface area contributed by atoms with Gasteiger partial charge in [0.25, 0.3) is 0 Å². The number of nitrogens with two attached hydrogens (primary N) is 1. The Bertz CT molecular complexity index is 322. The Morgan fingerprint density at radius 1 is 1.29 bits per heavy atom. The topological polar surface area (TPSA) is 59.1 Å². The molecule has 3 N–H and O–H groups in total. The normalized spacial score (nSPS) is 21.1. The number of hydrogen-bond donors (Lipinski definition) is 2. The number of nitrogens with zero attached hydrogens (tertiary/aromatic N) is 1. The molecular weight excluding hydrogens is 212 g/mol. The summed E-state index contributed by atoms with van der Waals surface area (Å²) >= 11 is 0. The van der Waals surface area contributed by atoms with Crippen LogP contribution in [0.25, 0.3) is 0 Å². The zero-order valence-corrected chi connectivity index (χ0v) is 10.3. The molecule has 0 spiro atoms. The summed E-state index contributed by atoms with van der Waals surface area (Å²) in [5.41, 5.74) is 6.78. The molecule has 2 rings (SSSR count). The van der Waals surface area contributed by atoms with Crippen molar-refractivity contribution in [1.82, 2.24) is 4.98 Å². The molecule has 1 heterocycles. The first kappa shape index (κ1) is 12.5. The average molecular weight is 234 g/mol. The fourth-order valence-electron chi connectivity index (χ4n) is 2.71. The van der Waals surface area contributed by atoms with E-state index in [1.54, 1.807) is 6.20 Å². The number of aliphatic hydroxyl groups is 1. The molecule has 17 heavy (non-hydrogen) atoms. The van der Waals surface area contributed by atoms with Gasteiger partial charge in [-0.15, -0.1) is 0 Å². The van der Waals surface area contributed by atoms with Crippen molar-refractivity contribution in [2.24, 2.45) is 11.7 Å². The standard InChI is InChI=1S/C14H22N2O/c15-12(10-11-6-2-1-3-7-11)14(17)13-8-4-5-9-16-13/h4-5,8-9,11-12,14,17H,1-3,6-7,10,15H2/t12?,14-/m1/s1. The lowest BCUT2D eigenvalue weighted by Crippen LogP contribution is -2.31. The van der Waals surface area contributed by atoms with Gasteiger partial charge in [-0.2, -0.15) is 0 Å². The quantitative estimate of drug-likeness (QED) is 0.841. The van der Waals surface area contributed by atoms with Crippen LogP contribution in [0, 0.1) is 5.92 Å². The van der Waals surface area contributed by atoms with Gasteiger partial charge in [0.1, 0.15) is 6.10 Å². The Balaban J connectivity index is 1.88. The van der Waals surface area contributed by atoms with Crippen molar-refractivity contribution in [1.29, 1.82) is 0 Å². The van der Waals surface area contributed by atoms with Gasteiger partial charge in [0.2, 0.25) is 0 Å². The lowest BCUT2D eigenvalue weighted by atomic mass is 9.83. The van der Waals surface area contributed by atoms with Gasteiger partial charge >= 0.3 is 0 Å². The molecule has 1 saturated carbocycles. The Labute approximate surface area is 103 Å². The van der Waals surface area contributed by atoms with Gasteiger partial charge in [-0.05, 0) is 24.5 Å². The van der Waals surface area contributed by atoms with Crippen LogP contribution in [-0.2, 0) is 0 Å². The Morgan fingerprint density at radius 2 is 2.06 bits per heavy atom. The molecule has 94 valence electrons. The van der Waals surface area contributed by atoms with E-state index in [4.69, 9.17) is 5.73 Å². The highest BCUT2D eigenvalue weighted by Gasteiger charge is 2.23. The van der Waals surface area contributed by atoms with Crippen molar-refractivity contribution in [2.45, 2.75) is 50.7 Å². The Kier molecular flexibility index (Phi) is 4.51. The minimum Gasteiger partial charge on any atom is -0.385 e. The van der Waals surface area contributed by atoms with Gasteiger partial charge in [-0.1, -0.05) is 38.2 Å². The van der Waals surface area contributed by atoms with Crippen molar-refractivity contribution in [2.75, 3.05) is 0 Å². The first-order valence-corrected chi connectivity index (χ1v) is 6.62. The van der Waals surface area contributed by atoms with Crippen LogP contribution in [-0.4, -0.2) is 16.1 Å². The van der Waals surface area contributed by atoms with Gasteiger partial charge in [0, 0.05) is 12.2 Å². The smallest absolute Gasteiger partial charge is 0.111 e. The third-order valence-electron chi connectivity index (χ3n) is 3.73. The van der Waals surface area contributed by atoms with E-state index in [-0.39, 0.29) is 6.04 Å². The second-order valence-electron chi connectivity index (χ2n) is 5.10. The summed E-state index contributed by atoms with van der Waals surface area (Å²) in [6.07, 6.45) is 8.51. The van der Waals surface area contributed by atoms with Crippen LogP contribution in [0.4, 0.5) is 0 Å². The highest BCUT2D eigenvalue weighted by Crippen LogP contribution is 2.29. The molecule has 1 fully saturated rings. The second kappa shape index (κ2) is 6.12. The van der Waals surface area contributed by atoms with Crippen LogP contribution < -0.4 is 5.73 Å². The van der Waals surface area contributed by atoms with Gasteiger partial charge in [0.15, 0.2) is 0 Å². The highest BCUT2D eigenvalue weighted by molar-refractivity contribution is 5.08. The lowest BCUT2D eigenvalue weighted by Gasteiger charge is -2.26. The molecule has 0 radical (unpaired) electrons. The summed E-state index contributed by atoms with van der Waals surface area (Å²) in [5, 5.41) is 10.1. The monoisotopic (exact) mass is 234 g/mol. The zero-order valence-electron chi connectivity index (χ0n) is 10.3. The number of hydrogen-bond acceptors (Lipinski definition) is 3. The maximum absolute atomic E-state index is 10.1. The molecule has 1 unspecified atom stereocenters. The van der Waals surface area contributed by atoms with Crippen molar-refractivity contribution in [3.8, 4) is 0 Å². The van der Waals surface area contributed by atoms with Crippen LogP contribution in [0.15, 0.2) is 24.4 Å². The fourth-order valence-corrected chi connectivity index (χ4v) is 2.71. The van der Waals surface area contributed by atoms with E-state index < -0.39 is 6.10 Å². The van der Waals surface area contributed by atoms with E-state index >= 15 is 0 Å². The molecule has 3 nitrogen and oxygen atoms in total. The van der Waals surface area contributed by atoms with Crippen LogP contribution >= 0.6 is 0 Å². The first-order valence-electron chi connectivity index (χ1n) is 6.62. The summed E-state index contributed by atoms with van der Waals surface area (Å²) in [6, 6.07) is 5.39. The number of pyridine rings is 1. The van der Waals surface area contributed by atoms with Crippen molar-refractivity contribution >= 4 is 0 Å². The zero-order chi connectivity index (χ0) is 12.1. The van der Waals surface area contributed by atoms with E-state index in [1.807, 2.05) is 18.2 Å². The lowest BCUT2D eigenvalue weighted by molar-refractivity contribution is 0.124. The Morgan fingerprint density at radius 3 is 2.71 bits per heavy atom. The minimum absolute atomic E-state index is 0.187. The number of rotatable bonds is 4. The molecule has 3 heteroatoms. The maximum Gasteiger partial charge on any atom is 0.111 e. The number of aliphatic hydroxyl groups excluding tert-OH is 1. The molecule has 0 amide bonds. The second-order valence-corrected chi connectivity index (χ2v) is 5.10. The van der Waals surface area contributed by atoms with Gasteiger partial charge in [-0.25, -0.2) is 0 Å². The third kappa shape index (κ3) is 3.51. The van der Waals surface area contributed by atoms with Crippen LogP contribution in [0.2, 0.25) is 0 Å². The minimum atomic E-state index is -0.627.